The van der Waals surface area contributed by atoms with Crippen LogP contribution in [-0.2, 0) is 4.79 Å². The molecule has 6 atom stereocenters. The SMILES string of the molecule is C[C@]12CC[C@@H]3C(=C1CCC2c1ccccn1)CCC1NC(=O)C(SC(=O)O)C[C@@]13C. The quantitative estimate of drug-likeness (QED) is 0.640. The molecule has 3 unspecified atom stereocenters. The maximum absolute atomic E-state index is 12.5. The molecular formula is C24H30N2O3S. The molecule has 1 aromatic heterocycles. The zero-order chi connectivity index (χ0) is 21.1. The van der Waals surface area contributed by atoms with E-state index >= 15 is 0 Å². The van der Waals surface area contributed by atoms with Crippen molar-refractivity contribution in [2.24, 2.45) is 16.7 Å². The summed E-state index contributed by atoms with van der Waals surface area (Å²) in [6.45, 7) is 4.74. The van der Waals surface area contributed by atoms with E-state index < -0.39 is 10.6 Å². The molecule has 30 heavy (non-hydrogen) atoms. The standard InChI is InChI=1S/C24H30N2O3S/c1-23-11-10-16-14(15(23)7-8-17(23)18-5-3-4-12-25-18)6-9-20-24(16,2)13-19(21(27)26-20)30-22(28)29/h3-5,12,16-17,19-20H,6-11,13H2,1-2H3,(H,26,27)(H,28,29)/t16-,17?,19?,20?,23+,24-/m1/s1. The smallest absolute Gasteiger partial charge is 0.365 e. The summed E-state index contributed by atoms with van der Waals surface area (Å²) >= 11 is 0.774. The van der Waals surface area contributed by atoms with Gasteiger partial charge in [-0.3, -0.25) is 9.78 Å². The van der Waals surface area contributed by atoms with Crippen LogP contribution in [0.5, 0.6) is 0 Å². The number of carboxylic acid groups (broad SMARTS) is 1. The highest BCUT2D eigenvalue weighted by Crippen LogP contribution is 2.64. The Labute approximate surface area is 182 Å². The summed E-state index contributed by atoms with van der Waals surface area (Å²) < 4.78 is 0. The summed E-state index contributed by atoms with van der Waals surface area (Å²) in [6.07, 6.45) is 9.15. The van der Waals surface area contributed by atoms with Crippen LogP contribution in [0.25, 0.3) is 0 Å². The molecule has 4 aliphatic rings. The van der Waals surface area contributed by atoms with Gasteiger partial charge in [-0.15, -0.1) is 0 Å². The van der Waals surface area contributed by atoms with Crippen LogP contribution in [0.1, 0.15) is 70.4 Å². The Morgan fingerprint density at radius 2 is 2.03 bits per heavy atom. The molecule has 6 heteroatoms. The second-order valence-electron chi connectivity index (χ2n) is 10.0. The molecule has 160 valence electrons. The van der Waals surface area contributed by atoms with E-state index in [9.17, 15) is 14.7 Å². The molecule has 0 radical (unpaired) electrons. The molecule has 0 aromatic carbocycles. The summed E-state index contributed by atoms with van der Waals surface area (Å²) in [5, 5.41) is 11.0. The number of thioether (sulfide) groups is 1. The maximum atomic E-state index is 12.5. The van der Waals surface area contributed by atoms with Crippen LogP contribution in [0.3, 0.4) is 0 Å². The number of fused-ring (bicyclic) bond motifs is 4. The summed E-state index contributed by atoms with van der Waals surface area (Å²) in [5.74, 6) is 0.825. The number of hydrogen-bond acceptors (Lipinski definition) is 4. The highest BCUT2D eigenvalue weighted by atomic mass is 32.2. The molecule has 2 saturated carbocycles. The predicted molar refractivity (Wildman–Crippen MR) is 117 cm³/mol. The zero-order valence-electron chi connectivity index (χ0n) is 17.7. The summed E-state index contributed by atoms with van der Waals surface area (Å²) in [5.41, 5.74) is 4.60. The van der Waals surface area contributed by atoms with E-state index in [2.05, 4.69) is 31.3 Å². The predicted octanol–water partition coefficient (Wildman–Crippen LogP) is 5.14. The van der Waals surface area contributed by atoms with Crippen molar-refractivity contribution in [3.8, 4) is 0 Å². The number of carbonyl (C=O) groups is 2. The van der Waals surface area contributed by atoms with Gasteiger partial charge < -0.3 is 10.4 Å². The van der Waals surface area contributed by atoms with Gasteiger partial charge >= 0.3 is 5.30 Å². The molecule has 2 heterocycles. The lowest BCUT2D eigenvalue weighted by molar-refractivity contribution is -0.127. The lowest BCUT2D eigenvalue weighted by atomic mass is 9.52. The van der Waals surface area contributed by atoms with Gasteiger partial charge in [0.05, 0.1) is 5.25 Å². The van der Waals surface area contributed by atoms with Gasteiger partial charge in [0.15, 0.2) is 0 Å². The van der Waals surface area contributed by atoms with Gasteiger partial charge in [0.2, 0.25) is 5.91 Å². The summed E-state index contributed by atoms with van der Waals surface area (Å²) in [6, 6.07) is 6.42. The number of piperidine rings is 1. The summed E-state index contributed by atoms with van der Waals surface area (Å²) in [7, 11) is 0. The number of rotatable bonds is 2. The van der Waals surface area contributed by atoms with E-state index in [1.807, 2.05) is 12.3 Å². The van der Waals surface area contributed by atoms with Gasteiger partial charge in [-0.1, -0.05) is 31.1 Å². The number of allylic oxidation sites excluding steroid dienone is 2. The molecule has 0 spiro atoms. The van der Waals surface area contributed by atoms with Crippen LogP contribution in [0.2, 0.25) is 0 Å². The minimum atomic E-state index is -0.961. The average Bonchev–Trinajstić information content (AvgIpc) is 3.06. The molecule has 5 rings (SSSR count). The van der Waals surface area contributed by atoms with E-state index in [0.29, 0.717) is 18.3 Å². The van der Waals surface area contributed by atoms with Crippen LogP contribution >= 0.6 is 11.8 Å². The molecule has 3 aliphatic carbocycles. The first kappa shape index (κ1) is 20.1. The molecular weight excluding hydrogens is 396 g/mol. The van der Waals surface area contributed by atoms with E-state index in [1.54, 1.807) is 11.1 Å². The minimum absolute atomic E-state index is 0.0635. The number of pyridine rings is 1. The fraction of sp³-hybridized carbons (Fsp3) is 0.625. The fourth-order valence-corrected chi connectivity index (χ4v) is 8.12. The van der Waals surface area contributed by atoms with Crippen LogP contribution in [0, 0.1) is 16.7 Å². The highest BCUT2D eigenvalue weighted by Gasteiger charge is 2.57. The largest absolute Gasteiger partial charge is 0.473 e. The van der Waals surface area contributed by atoms with Crippen molar-refractivity contribution in [2.75, 3.05) is 0 Å². The van der Waals surface area contributed by atoms with E-state index in [-0.39, 0.29) is 22.8 Å². The Balaban J connectivity index is 1.49. The minimum Gasteiger partial charge on any atom is -0.473 e. The van der Waals surface area contributed by atoms with Crippen LogP contribution in [0.15, 0.2) is 35.5 Å². The van der Waals surface area contributed by atoms with Gasteiger partial charge in [0.1, 0.15) is 0 Å². The molecule has 1 saturated heterocycles. The third-order valence-corrected chi connectivity index (χ3v) is 9.59. The normalized spacial score (nSPS) is 40.3. The Kier molecular flexibility index (Phi) is 4.77. The van der Waals surface area contributed by atoms with Crippen LogP contribution in [-0.4, -0.2) is 32.6 Å². The first-order chi connectivity index (χ1) is 14.3. The number of amides is 1. The Morgan fingerprint density at radius 1 is 1.20 bits per heavy atom. The van der Waals surface area contributed by atoms with Crippen molar-refractivity contribution >= 4 is 23.0 Å². The second kappa shape index (κ2) is 7.11. The fourth-order valence-electron chi connectivity index (χ4n) is 7.26. The molecule has 3 fully saturated rings. The van der Waals surface area contributed by atoms with Gasteiger partial charge in [0, 0.05) is 23.9 Å². The first-order valence-corrected chi connectivity index (χ1v) is 12.0. The highest BCUT2D eigenvalue weighted by molar-refractivity contribution is 8.14. The van der Waals surface area contributed by atoms with Crippen molar-refractivity contribution in [3.63, 3.8) is 0 Å². The third-order valence-electron chi connectivity index (χ3n) is 8.72. The molecule has 5 nitrogen and oxygen atoms in total. The van der Waals surface area contributed by atoms with Crippen molar-refractivity contribution < 1.29 is 14.7 Å². The number of carbonyl (C=O) groups excluding carboxylic acids is 1. The van der Waals surface area contributed by atoms with E-state index in [0.717, 1.165) is 50.3 Å². The summed E-state index contributed by atoms with van der Waals surface area (Å²) in [4.78, 5) is 28.5. The van der Waals surface area contributed by atoms with Gasteiger partial charge in [-0.05, 0) is 85.6 Å². The van der Waals surface area contributed by atoms with Crippen molar-refractivity contribution in [2.45, 2.75) is 76.0 Å². The third kappa shape index (κ3) is 2.94. The monoisotopic (exact) mass is 426 g/mol. The van der Waals surface area contributed by atoms with E-state index in [1.165, 1.54) is 5.69 Å². The number of aromatic nitrogens is 1. The Hall–Kier alpha value is -1.82. The van der Waals surface area contributed by atoms with Gasteiger partial charge in [0.25, 0.3) is 0 Å². The first-order valence-electron chi connectivity index (χ1n) is 11.2. The molecule has 1 aliphatic heterocycles. The Morgan fingerprint density at radius 3 is 2.77 bits per heavy atom. The lowest BCUT2D eigenvalue weighted by Crippen LogP contribution is -2.61. The van der Waals surface area contributed by atoms with Gasteiger partial charge in [-0.25, -0.2) is 4.79 Å². The topological polar surface area (TPSA) is 79.3 Å². The molecule has 0 bridgehead atoms. The lowest BCUT2D eigenvalue weighted by Gasteiger charge is -2.56. The molecule has 1 aromatic rings. The van der Waals surface area contributed by atoms with Crippen molar-refractivity contribution in [1.29, 1.82) is 0 Å². The van der Waals surface area contributed by atoms with Crippen molar-refractivity contribution in [3.05, 3.63) is 41.2 Å². The number of hydrogen-bond donors (Lipinski definition) is 2. The number of nitrogens with one attached hydrogen (secondary N) is 1. The van der Waals surface area contributed by atoms with E-state index in [4.69, 9.17) is 4.98 Å². The van der Waals surface area contributed by atoms with Gasteiger partial charge in [-0.2, -0.15) is 0 Å². The van der Waals surface area contributed by atoms with Crippen LogP contribution in [0.4, 0.5) is 4.79 Å². The molecule has 1 amide bonds. The second-order valence-corrected chi connectivity index (χ2v) is 11.2. The molecule has 2 N–H and O–H groups in total. The van der Waals surface area contributed by atoms with Crippen molar-refractivity contribution in [1.82, 2.24) is 10.3 Å². The Bertz CT molecular complexity index is 916. The van der Waals surface area contributed by atoms with Crippen LogP contribution < -0.4 is 5.32 Å². The zero-order valence-corrected chi connectivity index (χ0v) is 18.5. The maximum Gasteiger partial charge on any atom is 0.365 e. The number of nitrogens with zero attached hydrogens (tertiary/aromatic N) is 1. The average molecular weight is 427 g/mol.